The van der Waals surface area contributed by atoms with Crippen LogP contribution in [0.5, 0.6) is 0 Å². The van der Waals surface area contributed by atoms with Gasteiger partial charge in [-0.2, -0.15) is 0 Å². The molecule has 1 amide bonds. The number of carbonyl (C=O) groups excluding carboxylic acids is 1. The molecular formula is C16H18N2O3S. The zero-order chi connectivity index (χ0) is 16.1. The molecule has 1 heterocycles. The number of carboxylic acids is 1. The number of hydrogen-bond donors (Lipinski definition) is 1. The SMILES string of the molecule is CCCN(CC(=O)O)C(=O)c1csc(-c2ccccc2C)n1. The predicted octanol–water partition coefficient (Wildman–Crippen LogP) is 3.06. The Bertz CT molecular complexity index is 682. The van der Waals surface area contributed by atoms with Crippen LogP contribution >= 0.6 is 11.3 Å². The van der Waals surface area contributed by atoms with Gasteiger partial charge in [0.2, 0.25) is 0 Å². The molecule has 1 N–H and O–H groups in total. The minimum absolute atomic E-state index is 0.302. The number of rotatable bonds is 6. The summed E-state index contributed by atoms with van der Waals surface area (Å²) in [7, 11) is 0. The van der Waals surface area contributed by atoms with Crippen LogP contribution in [0.3, 0.4) is 0 Å². The van der Waals surface area contributed by atoms with Crippen LogP contribution in [0, 0.1) is 6.92 Å². The third-order valence-corrected chi connectivity index (χ3v) is 4.08. The van der Waals surface area contributed by atoms with Crippen LogP contribution in [0.2, 0.25) is 0 Å². The van der Waals surface area contributed by atoms with Crippen LogP contribution in [-0.4, -0.2) is 40.0 Å². The highest BCUT2D eigenvalue weighted by Crippen LogP contribution is 2.27. The molecule has 0 aliphatic rings. The summed E-state index contributed by atoms with van der Waals surface area (Å²) in [6.07, 6.45) is 0.702. The first kappa shape index (κ1) is 16.2. The van der Waals surface area contributed by atoms with E-state index in [0.29, 0.717) is 18.7 Å². The molecule has 0 radical (unpaired) electrons. The normalized spacial score (nSPS) is 10.5. The maximum atomic E-state index is 12.4. The highest BCUT2D eigenvalue weighted by atomic mass is 32.1. The second kappa shape index (κ2) is 7.17. The molecule has 22 heavy (non-hydrogen) atoms. The monoisotopic (exact) mass is 318 g/mol. The molecule has 0 fully saturated rings. The van der Waals surface area contributed by atoms with Crippen molar-refractivity contribution in [3.8, 4) is 10.6 Å². The molecule has 116 valence electrons. The summed E-state index contributed by atoms with van der Waals surface area (Å²) in [5.41, 5.74) is 2.39. The highest BCUT2D eigenvalue weighted by molar-refractivity contribution is 7.13. The number of amides is 1. The predicted molar refractivity (Wildman–Crippen MR) is 86.1 cm³/mol. The first-order chi connectivity index (χ1) is 10.5. The van der Waals surface area contributed by atoms with Gasteiger partial charge in [0, 0.05) is 17.5 Å². The van der Waals surface area contributed by atoms with Gasteiger partial charge in [-0.1, -0.05) is 31.2 Å². The Morgan fingerprint density at radius 2 is 2.05 bits per heavy atom. The number of nitrogens with zero attached hydrogens (tertiary/aromatic N) is 2. The molecular weight excluding hydrogens is 300 g/mol. The molecule has 0 aliphatic heterocycles. The maximum absolute atomic E-state index is 12.4. The number of aryl methyl sites for hydroxylation is 1. The van der Waals surface area contributed by atoms with Crippen molar-refractivity contribution >= 4 is 23.2 Å². The van der Waals surface area contributed by atoms with Gasteiger partial charge in [-0.3, -0.25) is 9.59 Å². The summed E-state index contributed by atoms with van der Waals surface area (Å²) in [5, 5.41) is 11.4. The molecule has 1 aromatic heterocycles. The second-order valence-corrected chi connectivity index (χ2v) is 5.83. The molecule has 0 atom stereocenters. The molecule has 0 spiro atoms. The van der Waals surface area contributed by atoms with Crippen molar-refractivity contribution in [1.82, 2.24) is 9.88 Å². The summed E-state index contributed by atoms with van der Waals surface area (Å²) >= 11 is 1.39. The number of benzene rings is 1. The Hall–Kier alpha value is -2.21. The van der Waals surface area contributed by atoms with Gasteiger partial charge >= 0.3 is 5.97 Å². The van der Waals surface area contributed by atoms with Crippen LogP contribution in [0.4, 0.5) is 0 Å². The lowest BCUT2D eigenvalue weighted by atomic mass is 10.1. The molecule has 6 heteroatoms. The van der Waals surface area contributed by atoms with Crippen molar-refractivity contribution < 1.29 is 14.7 Å². The average Bonchev–Trinajstić information content (AvgIpc) is 2.95. The van der Waals surface area contributed by atoms with E-state index in [1.807, 2.05) is 38.1 Å². The van der Waals surface area contributed by atoms with E-state index in [-0.39, 0.29) is 12.5 Å². The van der Waals surface area contributed by atoms with Crippen molar-refractivity contribution in [2.24, 2.45) is 0 Å². The van der Waals surface area contributed by atoms with Crippen LogP contribution in [0.15, 0.2) is 29.6 Å². The first-order valence-electron chi connectivity index (χ1n) is 7.05. The molecule has 0 saturated carbocycles. The summed E-state index contributed by atoms with van der Waals surface area (Å²) in [4.78, 5) is 29.0. The largest absolute Gasteiger partial charge is 0.480 e. The van der Waals surface area contributed by atoms with Crippen LogP contribution in [0.25, 0.3) is 10.6 Å². The number of aliphatic carboxylic acids is 1. The molecule has 2 aromatic rings. The molecule has 1 aromatic carbocycles. The number of carboxylic acid groups (broad SMARTS) is 1. The Morgan fingerprint density at radius 3 is 2.68 bits per heavy atom. The average molecular weight is 318 g/mol. The smallest absolute Gasteiger partial charge is 0.323 e. The number of hydrogen-bond acceptors (Lipinski definition) is 4. The molecule has 5 nitrogen and oxygen atoms in total. The quantitative estimate of drug-likeness (QED) is 0.888. The lowest BCUT2D eigenvalue weighted by Crippen LogP contribution is -2.36. The van der Waals surface area contributed by atoms with Gasteiger partial charge in [-0.25, -0.2) is 4.98 Å². The number of aromatic nitrogens is 1. The van der Waals surface area contributed by atoms with E-state index in [1.165, 1.54) is 16.2 Å². The van der Waals surface area contributed by atoms with E-state index in [4.69, 9.17) is 5.11 Å². The molecule has 0 bridgehead atoms. The van der Waals surface area contributed by atoms with Crippen molar-refractivity contribution in [3.05, 3.63) is 40.9 Å². The summed E-state index contributed by atoms with van der Waals surface area (Å²) in [5.74, 6) is -1.35. The fourth-order valence-electron chi connectivity index (χ4n) is 2.16. The van der Waals surface area contributed by atoms with Crippen LogP contribution < -0.4 is 0 Å². The van der Waals surface area contributed by atoms with Gasteiger partial charge in [-0.05, 0) is 18.9 Å². The van der Waals surface area contributed by atoms with E-state index in [2.05, 4.69) is 4.98 Å². The lowest BCUT2D eigenvalue weighted by molar-refractivity contribution is -0.137. The van der Waals surface area contributed by atoms with Crippen molar-refractivity contribution in [2.45, 2.75) is 20.3 Å². The Morgan fingerprint density at radius 1 is 1.32 bits per heavy atom. The van der Waals surface area contributed by atoms with Crippen molar-refractivity contribution in [1.29, 1.82) is 0 Å². The first-order valence-corrected chi connectivity index (χ1v) is 7.93. The summed E-state index contributed by atoms with van der Waals surface area (Å²) in [6, 6.07) is 7.84. The van der Waals surface area contributed by atoms with Gasteiger partial charge in [0.1, 0.15) is 17.2 Å². The van der Waals surface area contributed by atoms with E-state index in [0.717, 1.165) is 16.1 Å². The summed E-state index contributed by atoms with van der Waals surface area (Å²) < 4.78 is 0. The van der Waals surface area contributed by atoms with E-state index < -0.39 is 5.97 Å². The minimum Gasteiger partial charge on any atom is -0.480 e. The number of thiazole rings is 1. The third kappa shape index (κ3) is 3.71. The lowest BCUT2D eigenvalue weighted by Gasteiger charge is -2.18. The van der Waals surface area contributed by atoms with Gasteiger partial charge < -0.3 is 10.0 Å². The van der Waals surface area contributed by atoms with Crippen LogP contribution in [0.1, 0.15) is 29.4 Å². The zero-order valence-corrected chi connectivity index (χ0v) is 13.4. The standard InChI is InChI=1S/C16H18N2O3S/c1-3-8-18(9-14(19)20)16(21)13-10-22-15(17-13)12-7-5-4-6-11(12)2/h4-7,10H,3,8-9H2,1-2H3,(H,19,20). The number of carbonyl (C=O) groups is 2. The van der Waals surface area contributed by atoms with Gasteiger partial charge in [-0.15, -0.1) is 11.3 Å². The fraction of sp³-hybridized carbons (Fsp3) is 0.312. The Kier molecular flexibility index (Phi) is 5.27. The highest BCUT2D eigenvalue weighted by Gasteiger charge is 2.20. The van der Waals surface area contributed by atoms with E-state index >= 15 is 0 Å². The van der Waals surface area contributed by atoms with E-state index in [9.17, 15) is 9.59 Å². The molecule has 0 saturated heterocycles. The fourth-order valence-corrected chi connectivity index (χ4v) is 3.04. The Balaban J connectivity index is 2.24. The van der Waals surface area contributed by atoms with Crippen molar-refractivity contribution in [2.75, 3.05) is 13.1 Å². The second-order valence-electron chi connectivity index (χ2n) is 4.97. The summed E-state index contributed by atoms with van der Waals surface area (Å²) in [6.45, 7) is 4.00. The van der Waals surface area contributed by atoms with E-state index in [1.54, 1.807) is 5.38 Å². The zero-order valence-electron chi connectivity index (χ0n) is 12.6. The van der Waals surface area contributed by atoms with Crippen molar-refractivity contribution in [3.63, 3.8) is 0 Å². The third-order valence-electron chi connectivity index (χ3n) is 3.21. The maximum Gasteiger partial charge on any atom is 0.323 e. The minimum atomic E-state index is -1.02. The van der Waals surface area contributed by atoms with Gasteiger partial charge in [0.05, 0.1) is 0 Å². The van der Waals surface area contributed by atoms with Crippen LogP contribution in [-0.2, 0) is 4.79 Å². The molecule has 0 aliphatic carbocycles. The topological polar surface area (TPSA) is 70.5 Å². The Labute approximate surface area is 133 Å². The molecule has 2 rings (SSSR count). The molecule has 0 unspecified atom stereocenters. The van der Waals surface area contributed by atoms with Gasteiger partial charge in [0.15, 0.2) is 0 Å². The van der Waals surface area contributed by atoms with Gasteiger partial charge in [0.25, 0.3) is 5.91 Å².